The highest BCUT2D eigenvalue weighted by Gasteiger charge is 2.11. The zero-order valence-corrected chi connectivity index (χ0v) is 13.7. The average Bonchev–Trinajstić information content (AvgIpc) is 2.39. The van der Waals surface area contributed by atoms with Gasteiger partial charge in [0.05, 0.1) is 24.8 Å². The second-order valence-electron chi connectivity index (χ2n) is 4.01. The van der Waals surface area contributed by atoms with Crippen molar-refractivity contribution < 1.29 is 19.0 Å². The summed E-state index contributed by atoms with van der Waals surface area (Å²) >= 11 is 3.44. The molecule has 0 radical (unpaired) electrons. The van der Waals surface area contributed by atoms with Gasteiger partial charge >= 0.3 is 5.97 Å². The zero-order chi connectivity index (χ0) is 15.1. The molecule has 0 aromatic heterocycles. The molecule has 0 amide bonds. The molecule has 0 unspecified atom stereocenters. The van der Waals surface area contributed by atoms with E-state index in [2.05, 4.69) is 15.9 Å². The molecule has 4 nitrogen and oxygen atoms in total. The minimum atomic E-state index is -0.322. The number of hydrogen-bond donors (Lipinski definition) is 0. The van der Waals surface area contributed by atoms with E-state index in [9.17, 15) is 4.79 Å². The largest absolute Gasteiger partial charge is 0.492 e. The lowest BCUT2D eigenvalue weighted by molar-refractivity contribution is -0.138. The molecule has 0 bridgehead atoms. The summed E-state index contributed by atoms with van der Waals surface area (Å²) in [6, 6.07) is 3.69. The van der Waals surface area contributed by atoms with Gasteiger partial charge in [0.2, 0.25) is 0 Å². The third kappa shape index (κ3) is 4.27. The lowest BCUT2D eigenvalue weighted by atomic mass is 10.1. The van der Waals surface area contributed by atoms with Gasteiger partial charge < -0.3 is 14.2 Å². The van der Waals surface area contributed by atoms with E-state index in [1.165, 1.54) is 0 Å². The van der Waals surface area contributed by atoms with Gasteiger partial charge in [0.15, 0.2) is 11.5 Å². The summed E-state index contributed by atoms with van der Waals surface area (Å²) in [7, 11) is 1.59. The number of halogens is 1. The van der Waals surface area contributed by atoms with Crippen molar-refractivity contribution in [3.63, 3.8) is 0 Å². The number of ether oxygens (including phenoxy) is 3. The molecule has 0 saturated carbocycles. The van der Waals surface area contributed by atoms with E-state index in [4.69, 9.17) is 14.2 Å². The lowest BCUT2D eigenvalue weighted by Crippen LogP contribution is -2.04. The Bertz CT molecular complexity index is 509. The SMILES string of the molecule is CCOC(=O)/C(C)=C/c1cc(Br)c(OC)c(OCC)c1. The molecule has 0 aliphatic carbocycles. The molecule has 20 heavy (non-hydrogen) atoms. The van der Waals surface area contributed by atoms with E-state index in [-0.39, 0.29) is 5.97 Å². The van der Waals surface area contributed by atoms with Crippen molar-refractivity contribution >= 4 is 28.0 Å². The maximum absolute atomic E-state index is 11.6. The fraction of sp³-hybridized carbons (Fsp3) is 0.400. The molecule has 0 aliphatic rings. The van der Waals surface area contributed by atoms with Crippen LogP contribution in [0, 0.1) is 0 Å². The van der Waals surface area contributed by atoms with Gasteiger partial charge in [-0.15, -0.1) is 0 Å². The van der Waals surface area contributed by atoms with Crippen LogP contribution in [0.2, 0.25) is 0 Å². The summed E-state index contributed by atoms with van der Waals surface area (Å²) in [6.07, 6.45) is 1.75. The first kappa shape index (κ1) is 16.6. The van der Waals surface area contributed by atoms with Gasteiger partial charge in [-0.1, -0.05) is 0 Å². The van der Waals surface area contributed by atoms with Crippen LogP contribution >= 0.6 is 15.9 Å². The highest BCUT2D eigenvalue weighted by Crippen LogP contribution is 2.37. The van der Waals surface area contributed by atoms with Crippen LogP contribution in [0.5, 0.6) is 11.5 Å². The van der Waals surface area contributed by atoms with Crippen LogP contribution in [-0.2, 0) is 9.53 Å². The lowest BCUT2D eigenvalue weighted by Gasteiger charge is -2.12. The number of carbonyl (C=O) groups excluding carboxylic acids is 1. The normalized spacial score (nSPS) is 11.2. The van der Waals surface area contributed by atoms with Crippen molar-refractivity contribution in [1.29, 1.82) is 0 Å². The molecule has 0 saturated heterocycles. The third-order valence-corrected chi connectivity index (χ3v) is 3.11. The molecule has 1 rings (SSSR count). The van der Waals surface area contributed by atoms with Crippen LogP contribution in [0.4, 0.5) is 0 Å². The molecule has 5 heteroatoms. The maximum atomic E-state index is 11.6. The van der Waals surface area contributed by atoms with Gasteiger partial charge in [-0.05, 0) is 60.5 Å². The predicted molar refractivity (Wildman–Crippen MR) is 82.1 cm³/mol. The summed E-state index contributed by atoms with van der Waals surface area (Å²) in [4.78, 5) is 11.6. The van der Waals surface area contributed by atoms with Crippen LogP contribution in [-0.4, -0.2) is 26.3 Å². The van der Waals surface area contributed by atoms with Crippen molar-refractivity contribution in [2.24, 2.45) is 0 Å². The molecular formula is C15H19BrO4. The maximum Gasteiger partial charge on any atom is 0.333 e. The molecule has 0 atom stereocenters. The molecule has 0 heterocycles. The van der Waals surface area contributed by atoms with E-state index in [1.54, 1.807) is 27.0 Å². The van der Waals surface area contributed by atoms with E-state index >= 15 is 0 Å². The van der Waals surface area contributed by atoms with E-state index < -0.39 is 0 Å². The average molecular weight is 343 g/mol. The van der Waals surface area contributed by atoms with E-state index in [0.717, 1.165) is 10.0 Å². The van der Waals surface area contributed by atoms with Crippen molar-refractivity contribution in [1.82, 2.24) is 0 Å². The number of benzene rings is 1. The molecule has 0 fully saturated rings. The first-order valence-corrected chi connectivity index (χ1v) is 7.18. The quantitative estimate of drug-likeness (QED) is 0.582. The van der Waals surface area contributed by atoms with Crippen LogP contribution < -0.4 is 9.47 Å². The number of esters is 1. The highest BCUT2D eigenvalue weighted by atomic mass is 79.9. The van der Waals surface area contributed by atoms with Crippen molar-refractivity contribution in [2.75, 3.05) is 20.3 Å². The van der Waals surface area contributed by atoms with Crippen molar-refractivity contribution in [2.45, 2.75) is 20.8 Å². The second kappa shape index (κ2) is 7.94. The molecule has 110 valence electrons. The van der Waals surface area contributed by atoms with Gasteiger partial charge in [0.1, 0.15) is 0 Å². The Kier molecular flexibility index (Phi) is 6.58. The molecule has 0 aliphatic heterocycles. The summed E-state index contributed by atoms with van der Waals surface area (Å²) in [5.41, 5.74) is 1.37. The Balaban J connectivity index is 3.13. The van der Waals surface area contributed by atoms with Gasteiger partial charge in [0, 0.05) is 5.57 Å². The van der Waals surface area contributed by atoms with Crippen LogP contribution in [0.25, 0.3) is 6.08 Å². The smallest absolute Gasteiger partial charge is 0.333 e. The van der Waals surface area contributed by atoms with E-state index in [1.807, 2.05) is 19.1 Å². The summed E-state index contributed by atoms with van der Waals surface area (Å²) < 4.78 is 16.6. The third-order valence-electron chi connectivity index (χ3n) is 2.52. The fourth-order valence-corrected chi connectivity index (χ4v) is 2.31. The number of hydrogen-bond acceptors (Lipinski definition) is 4. The Morgan fingerprint density at radius 2 is 2.00 bits per heavy atom. The Labute approximate surface area is 127 Å². The molecule has 0 N–H and O–H groups in total. The minimum absolute atomic E-state index is 0.322. The molecular weight excluding hydrogens is 324 g/mol. The Hall–Kier alpha value is -1.49. The van der Waals surface area contributed by atoms with E-state index in [0.29, 0.717) is 30.3 Å². The van der Waals surface area contributed by atoms with Crippen molar-refractivity contribution in [3.05, 3.63) is 27.7 Å². The van der Waals surface area contributed by atoms with Crippen LogP contribution in [0.1, 0.15) is 26.3 Å². The predicted octanol–water partition coefficient (Wildman–Crippen LogP) is 3.82. The topological polar surface area (TPSA) is 44.8 Å². The van der Waals surface area contributed by atoms with Gasteiger partial charge in [-0.25, -0.2) is 4.79 Å². The molecule has 0 spiro atoms. The number of carbonyl (C=O) groups is 1. The summed E-state index contributed by atoms with van der Waals surface area (Å²) in [5.74, 6) is 0.947. The monoisotopic (exact) mass is 342 g/mol. The Morgan fingerprint density at radius 1 is 1.30 bits per heavy atom. The first-order valence-electron chi connectivity index (χ1n) is 6.39. The summed E-state index contributed by atoms with van der Waals surface area (Å²) in [6.45, 7) is 6.30. The second-order valence-corrected chi connectivity index (χ2v) is 4.87. The zero-order valence-electron chi connectivity index (χ0n) is 12.2. The highest BCUT2D eigenvalue weighted by molar-refractivity contribution is 9.10. The number of rotatable bonds is 6. The van der Waals surface area contributed by atoms with Crippen LogP contribution in [0.15, 0.2) is 22.2 Å². The van der Waals surface area contributed by atoms with Crippen molar-refractivity contribution in [3.8, 4) is 11.5 Å². The van der Waals surface area contributed by atoms with Crippen LogP contribution in [0.3, 0.4) is 0 Å². The summed E-state index contributed by atoms with van der Waals surface area (Å²) in [5, 5.41) is 0. The first-order chi connectivity index (χ1) is 9.53. The minimum Gasteiger partial charge on any atom is -0.492 e. The number of methoxy groups -OCH3 is 1. The Morgan fingerprint density at radius 3 is 2.55 bits per heavy atom. The van der Waals surface area contributed by atoms with Gasteiger partial charge in [0.25, 0.3) is 0 Å². The standard InChI is InChI=1S/C15H19BrO4/c1-5-19-13-9-11(8-12(16)14(13)18-4)7-10(3)15(17)20-6-2/h7-9H,5-6H2,1-4H3/b10-7+. The fourth-order valence-electron chi connectivity index (χ4n) is 1.69. The molecule has 1 aromatic rings. The molecule has 1 aromatic carbocycles. The van der Waals surface area contributed by atoms with Gasteiger partial charge in [-0.2, -0.15) is 0 Å². The van der Waals surface area contributed by atoms with Gasteiger partial charge in [-0.3, -0.25) is 0 Å².